The van der Waals surface area contributed by atoms with Crippen LogP contribution >= 0.6 is 0 Å². The van der Waals surface area contributed by atoms with E-state index in [0.29, 0.717) is 0 Å². The van der Waals surface area contributed by atoms with Gasteiger partial charge in [-0.3, -0.25) is 9.97 Å². The van der Waals surface area contributed by atoms with Crippen molar-refractivity contribution in [2.75, 3.05) is 0 Å². The van der Waals surface area contributed by atoms with Crippen LogP contribution in [0.3, 0.4) is 0 Å². The molecular formula is C56H62N6. The molecular weight excluding hydrogens is 757 g/mol. The molecule has 0 saturated carbocycles. The topological polar surface area (TPSA) is 72.3 Å². The van der Waals surface area contributed by atoms with Crippen molar-refractivity contribution in [3.63, 3.8) is 0 Å². The molecule has 6 nitrogen and oxygen atoms in total. The number of rotatable bonds is 7. The van der Waals surface area contributed by atoms with Crippen LogP contribution in [0.4, 0.5) is 0 Å². The van der Waals surface area contributed by atoms with E-state index in [2.05, 4.69) is 182 Å². The molecule has 0 bridgehead atoms. The van der Waals surface area contributed by atoms with Gasteiger partial charge in [0.15, 0.2) is 0 Å². The molecule has 0 aliphatic heterocycles. The number of nitrogens with one attached hydrogen (secondary N) is 1. The van der Waals surface area contributed by atoms with E-state index in [1.54, 1.807) is 0 Å². The van der Waals surface area contributed by atoms with Gasteiger partial charge in [0.05, 0.1) is 22.8 Å². The molecule has 62 heavy (non-hydrogen) atoms. The quantitative estimate of drug-likeness (QED) is 0.174. The van der Waals surface area contributed by atoms with E-state index < -0.39 is 0 Å². The minimum Gasteiger partial charge on any atom is -0.337 e. The van der Waals surface area contributed by atoms with Crippen molar-refractivity contribution in [1.82, 2.24) is 29.5 Å². The first kappa shape index (κ1) is 43.7. The van der Waals surface area contributed by atoms with Crippen LogP contribution in [0, 0.1) is 41.5 Å². The number of aromatic amines is 1. The monoisotopic (exact) mass is 819 g/mol. The van der Waals surface area contributed by atoms with Crippen LogP contribution in [0.25, 0.3) is 67.8 Å². The van der Waals surface area contributed by atoms with E-state index in [-0.39, 0.29) is 10.8 Å². The smallest absolute Gasteiger partial charge is 0.141 e. The highest BCUT2D eigenvalue weighted by atomic mass is 15.1. The van der Waals surface area contributed by atoms with Crippen molar-refractivity contribution in [1.29, 1.82) is 0 Å². The fourth-order valence-corrected chi connectivity index (χ4v) is 8.73. The summed E-state index contributed by atoms with van der Waals surface area (Å²) >= 11 is 0. The maximum absolute atomic E-state index is 5.26. The standard InChI is InChI=1S/C29H33N3.C27H29N3/c1-8-32-27(23-9-11-24(12-10-23)29(5,6)7)26(22-13-15-30-16-14-22)31-28(32)25-20(3)17-19(2)18-21(25)4;1-17-15-18(2)23(19(3)16-17)26-29-24(25(30-26)21-11-13-28-14-12-21)20-7-9-22(10-8-20)27(4,5)6/h9-18H,8H2,1-7H3;7-16H,1-6H3,(H,29,30). The third kappa shape index (κ3) is 9.11. The van der Waals surface area contributed by atoms with Gasteiger partial charge in [0.1, 0.15) is 11.6 Å². The van der Waals surface area contributed by atoms with E-state index in [9.17, 15) is 0 Å². The minimum atomic E-state index is 0.124. The van der Waals surface area contributed by atoms with Gasteiger partial charge in [0.2, 0.25) is 0 Å². The minimum absolute atomic E-state index is 0.124. The summed E-state index contributed by atoms with van der Waals surface area (Å²) in [6.07, 6.45) is 7.33. The highest BCUT2D eigenvalue weighted by Gasteiger charge is 2.24. The zero-order valence-corrected chi connectivity index (χ0v) is 39.0. The highest BCUT2D eigenvalue weighted by molar-refractivity contribution is 5.84. The lowest BCUT2D eigenvalue weighted by Gasteiger charge is -2.20. The van der Waals surface area contributed by atoms with Crippen LogP contribution in [0.1, 0.15) is 93.0 Å². The van der Waals surface area contributed by atoms with Crippen LogP contribution < -0.4 is 0 Å². The molecule has 8 rings (SSSR count). The maximum atomic E-state index is 5.26. The van der Waals surface area contributed by atoms with Crippen LogP contribution in [0.5, 0.6) is 0 Å². The normalized spacial score (nSPS) is 11.7. The molecule has 0 saturated heterocycles. The number of nitrogens with zero attached hydrogens (tertiary/aromatic N) is 5. The largest absolute Gasteiger partial charge is 0.337 e. The first-order valence-corrected chi connectivity index (χ1v) is 21.8. The summed E-state index contributed by atoms with van der Waals surface area (Å²) < 4.78 is 2.37. The number of pyridine rings is 2. The van der Waals surface area contributed by atoms with E-state index in [4.69, 9.17) is 9.97 Å². The Labute approximate surface area is 369 Å². The molecule has 4 aromatic heterocycles. The molecule has 316 valence electrons. The van der Waals surface area contributed by atoms with Crippen LogP contribution in [0.15, 0.2) is 122 Å². The van der Waals surface area contributed by atoms with Gasteiger partial charge in [-0.15, -0.1) is 0 Å². The Hall–Kier alpha value is -6.40. The number of hydrogen-bond acceptors (Lipinski definition) is 4. The molecule has 0 spiro atoms. The number of benzene rings is 4. The third-order valence-electron chi connectivity index (χ3n) is 11.8. The van der Waals surface area contributed by atoms with Gasteiger partial charge in [-0.25, -0.2) is 9.97 Å². The summed E-state index contributed by atoms with van der Waals surface area (Å²) in [6.45, 7) is 29.5. The lowest BCUT2D eigenvalue weighted by molar-refractivity contribution is 0.590. The van der Waals surface area contributed by atoms with Crippen molar-refractivity contribution >= 4 is 0 Å². The van der Waals surface area contributed by atoms with Gasteiger partial charge in [0, 0.05) is 64.7 Å². The first-order chi connectivity index (χ1) is 29.4. The van der Waals surface area contributed by atoms with E-state index >= 15 is 0 Å². The first-order valence-electron chi connectivity index (χ1n) is 21.8. The van der Waals surface area contributed by atoms with Crippen LogP contribution in [0.2, 0.25) is 0 Å². The molecule has 0 atom stereocenters. The van der Waals surface area contributed by atoms with E-state index in [1.807, 2.05) is 49.1 Å². The van der Waals surface area contributed by atoms with Gasteiger partial charge >= 0.3 is 0 Å². The predicted molar refractivity (Wildman–Crippen MR) is 261 cm³/mol. The Bertz CT molecular complexity index is 2760. The molecule has 4 heterocycles. The molecule has 0 aliphatic carbocycles. The summed E-state index contributed by atoms with van der Waals surface area (Å²) in [5, 5.41) is 0. The van der Waals surface area contributed by atoms with Crippen molar-refractivity contribution < 1.29 is 0 Å². The van der Waals surface area contributed by atoms with Gasteiger partial charge in [-0.05, 0) is 117 Å². The Morgan fingerprint density at radius 1 is 0.484 bits per heavy atom. The van der Waals surface area contributed by atoms with Gasteiger partial charge < -0.3 is 9.55 Å². The Morgan fingerprint density at radius 3 is 1.35 bits per heavy atom. The highest BCUT2D eigenvalue weighted by Crippen LogP contribution is 2.40. The van der Waals surface area contributed by atoms with Gasteiger partial charge in [-0.2, -0.15) is 0 Å². The third-order valence-corrected chi connectivity index (χ3v) is 11.8. The van der Waals surface area contributed by atoms with Crippen LogP contribution in [-0.4, -0.2) is 29.5 Å². The molecule has 0 amide bonds. The number of imidazole rings is 2. The molecule has 8 aromatic rings. The number of H-pyrrole nitrogens is 1. The molecule has 1 N–H and O–H groups in total. The Balaban J connectivity index is 0.000000187. The summed E-state index contributed by atoms with van der Waals surface area (Å²) in [7, 11) is 0. The van der Waals surface area contributed by atoms with Crippen molar-refractivity contribution in [2.24, 2.45) is 0 Å². The molecule has 0 fully saturated rings. The summed E-state index contributed by atoms with van der Waals surface area (Å²) in [4.78, 5) is 22.4. The average molecular weight is 819 g/mol. The summed E-state index contributed by atoms with van der Waals surface area (Å²) in [5.41, 5.74) is 21.5. The van der Waals surface area contributed by atoms with Crippen molar-refractivity contribution in [3.05, 3.63) is 166 Å². The average Bonchev–Trinajstić information content (AvgIpc) is 3.83. The second-order valence-electron chi connectivity index (χ2n) is 18.9. The van der Waals surface area contributed by atoms with Gasteiger partial charge in [0.25, 0.3) is 0 Å². The second kappa shape index (κ2) is 17.5. The zero-order chi connectivity index (χ0) is 44.5. The Kier molecular flexibility index (Phi) is 12.3. The fraction of sp³-hybridized carbons (Fsp3) is 0.286. The molecule has 6 heteroatoms. The Morgan fingerprint density at radius 2 is 0.903 bits per heavy atom. The summed E-state index contributed by atoms with van der Waals surface area (Å²) in [5.74, 6) is 1.94. The SMILES string of the molecule is CCn1c(-c2c(C)cc(C)cc2C)nc(-c2ccncc2)c1-c1ccc(C(C)(C)C)cc1.Cc1cc(C)c(-c2nc(-c3ccc(C(C)(C)C)cc3)c(-c3ccncc3)[nH]2)c(C)c1. The maximum Gasteiger partial charge on any atom is 0.141 e. The number of aromatic nitrogens is 6. The van der Waals surface area contributed by atoms with Crippen molar-refractivity contribution in [2.45, 2.75) is 107 Å². The lowest BCUT2D eigenvalue weighted by atomic mass is 9.86. The zero-order valence-electron chi connectivity index (χ0n) is 39.0. The molecule has 4 aromatic carbocycles. The van der Waals surface area contributed by atoms with Crippen molar-refractivity contribution in [3.8, 4) is 67.8 Å². The van der Waals surface area contributed by atoms with E-state index in [0.717, 1.165) is 57.7 Å². The molecule has 0 aliphatic rings. The second-order valence-corrected chi connectivity index (χ2v) is 18.9. The number of hydrogen-bond donors (Lipinski definition) is 1. The summed E-state index contributed by atoms with van der Waals surface area (Å²) in [6, 6.07) is 34.9. The number of aryl methyl sites for hydroxylation is 6. The van der Waals surface area contributed by atoms with Gasteiger partial charge in [-0.1, -0.05) is 125 Å². The van der Waals surface area contributed by atoms with E-state index in [1.165, 1.54) is 61.2 Å². The fourth-order valence-electron chi connectivity index (χ4n) is 8.73. The molecule has 0 unspecified atom stereocenters. The predicted octanol–water partition coefficient (Wildman–Crippen LogP) is 14.6. The van der Waals surface area contributed by atoms with Crippen LogP contribution in [-0.2, 0) is 17.4 Å². The molecule has 0 radical (unpaired) electrons. The lowest BCUT2D eigenvalue weighted by Crippen LogP contribution is -2.10.